The van der Waals surface area contributed by atoms with Gasteiger partial charge in [0.25, 0.3) is 5.91 Å². The van der Waals surface area contributed by atoms with Crippen molar-refractivity contribution in [1.29, 1.82) is 0 Å². The summed E-state index contributed by atoms with van der Waals surface area (Å²) in [5, 5.41) is 4.89. The fourth-order valence-electron chi connectivity index (χ4n) is 4.97. The number of rotatable bonds is 10. The number of ether oxygens (including phenoxy) is 1. The van der Waals surface area contributed by atoms with Crippen molar-refractivity contribution in [3.63, 3.8) is 0 Å². The Morgan fingerprint density at radius 3 is 2.45 bits per heavy atom. The molecule has 31 heavy (non-hydrogen) atoms. The van der Waals surface area contributed by atoms with E-state index in [4.69, 9.17) is 9.84 Å². The average molecular weight is 434 g/mol. The highest BCUT2D eigenvalue weighted by Crippen LogP contribution is 2.29. The molecular weight excluding hydrogens is 390 g/mol. The van der Waals surface area contributed by atoms with Crippen molar-refractivity contribution < 1.29 is 9.53 Å². The highest BCUT2D eigenvalue weighted by atomic mass is 16.5. The molecular formula is C24H43N5O2. The number of nitrogens with zero attached hydrogens (tertiary/aromatic N) is 5. The summed E-state index contributed by atoms with van der Waals surface area (Å²) in [6.07, 6.45) is 3.09. The first-order chi connectivity index (χ1) is 15.0. The summed E-state index contributed by atoms with van der Waals surface area (Å²) in [4.78, 5) is 20.4. The fraction of sp³-hybridized carbons (Fsp3) is 0.833. The number of hydrogen-bond donors (Lipinski definition) is 0. The minimum Gasteiger partial charge on any atom is -0.378 e. The highest BCUT2D eigenvalue weighted by molar-refractivity contribution is 5.94. The van der Waals surface area contributed by atoms with Gasteiger partial charge in [0.15, 0.2) is 5.69 Å². The summed E-state index contributed by atoms with van der Waals surface area (Å²) in [5.41, 5.74) is 3.19. The normalized spacial score (nSPS) is 19.5. The van der Waals surface area contributed by atoms with Crippen molar-refractivity contribution in [2.24, 2.45) is 5.92 Å². The first-order valence-electron chi connectivity index (χ1n) is 12.4. The smallest absolute Gasteiger partial charge is 0.274 e. The monoisotopic (exact) mass is 433 g/mol. The maximum atomic E-state index is 13.4. The van der Waals surface area contributed by atoms with E-state index in [1.54, 1.807) is 0 Å². The number of hydrogen-bond acceptors (Lipinski definition) is 5. The second-order valence-electron chi connectivity index (χ2n) is 9.31. The molecule has 3 rings (SSSR count). The quantitative estimate of drug-likeness (QED) is 0.568. The van der Waals surface area contributed by atoms with Crippen LogP contribution < -0.4 is 0 Å². The second kappa shape index (κ2) is 11.4. The van der Waals surface area contributed by atoms with E-state index in [1.165, 1.54) is 11.3 Å². The minimum atomic E-state index is 0.0916. The van der Waals surface area contributed by atoms with Crippen LogP contribution in [0.25, 0.3) is 0 Å². The molecule has 0 saturated carbocycles. The lowest BCUT2D eigenvalue weighted by atomic mass is 9.89. The molecule has 1 fully saturated rings. The van der Waals surface area contributed by atoms with E-state index in [9.17, 15) is 4.79 Å². The van der Waals surface area contributed by atoms with Crippen molar-refractivity contribution >= 4 is 5.91 Å². The predicted octanol–water partition coefficient (Wildman–Crippen LogP) is 2.53. The van der Waals surface area contributed by atoms with Gasteiger partial charge >= 0.3 is 0 Å². The van der Waals surface area contributed by atoms with Crippen LogP contribution in [-0.4, -0.2) is 95.5 Å². The van der Waals surface area contributed by atoms with Gasteiger partial charge in [-0.15, -0.1) is 0 Å². The van der Waals surface area contributed by atoms with Crippen LogP contribution in [-0.2, 0) is 24.1 Å². The summed E-state index contributed by atoms with van der Waals surface area (Å²) >= 11 is 0. The Morgan fingerprint density at radius 1 is 1.13 bits per heavy atom. The molecule has 1 aliphatic carbocycles. The van der Waals surface area contributed by atoms with Gasteiger partial charge in [0.1, 0.15) is 0 Å². The van der Waals surface area contributed by atoms with Crippen LogP contribution in [0.1, 0.15) is 62.8 Å². The van der Waals surface area contributed by atoms with Crippen LogP contribution in [0.4, 0.5) is 0 Å². The van der Waals surface area contributed by atoms with Gasteiger partial charge in [0.2, 0.25) is 0 Å². The maximum absolute atomic E-state index is 13.4. The van der Waals surface area contributed by atoms with Crippen LogP contribution in [0.3, 0.4) is 0 Å². The molecule has 0 unspecified atom stereocenters. The highest BCUT2D eigenvalue weighted by Gasteiger charge is 2.33. The molecule has 0 N–H and O–H groups in total. The Labute approximate surface area is 188 Å². The molecule has 2 heterocycles. The molecule has 7 heteroatoms. The molecule has 1 amide bonds. The molecule has 1 aliphatic heterocycles. The van der Waals surface area contributed by atoms with E-state index in [2.05, 4.69) is 49.1 Å². The Balaban J connectivity index is 1.81. The number of carbonyl (C=O) groups is 1. The molecule has 0 spiro atoms. The molecule has 7 nitrogen and oxygen atoms in total. The zero-order valence-corrected chi connectivity index (χ0v) is 20.4. The van der Waals surface area contributed by atoms with Crippen LogP contribution in [0.5, 0.6) is 0 Å². The zero-order chi connectivity index (χ0) is 22.4. The predicted molar refractivity (Wildman–Crippen MR) is 125 cm³/mol. The summed E-state index contributed by atoms with van der Waals surface area (Å²) in [5.74, 6) is 0.600. The molecule has 0 radical (unpaired) electrons. The first kappa shape index (κ1) is 24.2. The third kappa shape index (κ3) is 5.88. The lowest BCUT2D eigenvalue weighted by Gasteiger charge is -2.35. The Kier molecular flexibility index (Phi) is 8.93. The summed E-state index contributed by atoms with van der Waals surface area (Å²) in [6, 6.07) is 0.487. The van der Waals surface area contributed by atoms with E-state index >= 15 is 0 Å². The Hall–Kier alpha value is -1.44. The molecule has 1 aromatic rings. The number of morpholine rings is 1. The number of likely N-dealkylation sites (N-methyl/N-ethyl adjacent to an activating group) is 2. The van der Waals surface area contributed by atoms with E-state index in [0.717, 1.165) is 58.5 Å². The topological polar surface area (TPSA) is 53.8 Å². The van der Waals surface area contributed by atoms with Crippen LogP contribution >= 0.6 is 0 Å². The van der Waals surface area contributed by atoms with Crippen LogP contribution in [0, 0.1) is 5.92 Å². The molecule has 0 aromatic carbocycles. The van der Waals surface area contributed by atoms with Gasteiger partial charge < -0.3 is 14.5 Å². The van der Waals surface area contributed by atoms with Gasteiger partial charge in [-0.1, -0.05) is 34.6 Å². The SMILES string of the molecule is CCN(CC)CCN(CC)[C@H]1CCc2c(c(C(=O)N3CCOCC3)nn2CC(C)C)C1. The number of fused-ring (bicyclic) bond motifs is 1. The standard InChI is InChI=1S/C24H43N5O2/c1-6-26(7-2)11-12-27(8-3)20-9-10-22-21(17-20)23(25-29(22)18-19(4)5)24(30)28-13-15-31-16-14-28/h19-20H,6-18H2,1-5H3/t20-/m0/s1. The van der Waals surface area contributed by atoms with Gasteiger partial charge in [0.05, 0.1) is 13.2 Å². The van der Waals surface area contributed by atoms with Crippen molar-refractivity contribution in [3.8, 4) is 0 Å². The molecule has 1 aromatic heterocycles. The van der Waals surface area contributed by atoms with E-state index in [0.29, 0.717) is 44.0 Å². The molecule has 1 atom stereocenters. The van der Waals surface area contributed by atoms with Crippen LogP contribution in [0.15, 0.2) is 0 Å². The molecule has 0 bridgehead atoms. The summed E-state index contributed by atoms with van der Waals surface area (Å²) in [7, 11) is 0. The van der Waals surface area contributed by atoms with Crippen molar-refractivity contribution in [2.45, 2.75) is 66.5 Å². The maximum Gasteiger partial charge on any atom is 0.274 e. The van der Waals surface area contributed by atoms with Crippen LogP contribution in [0.2, 0.25) is 0 Å². The van der Waals surface area contributed by atoms with Gasteiger partial charge in [-0.05, 0) is 44.8 Å². The fourth-order valence-corrected chi connectivity index (χ4v) is 4.97. The third-order valence-electron chi connectivity index (χ3n) is 6.88. The zero-order valence-electron chi connectivity index (χ0n) is 20.4. The van der Waals surface area contributed by atoms with Gasteiger partial charge in [-0.3, -0.25) is 14.4 Å². The van der Waals surface area contributed by atoms with Gasteiger partial charge in [-0.2, -0.15) is 5.10 Å². The van der Waals surface area contributed by atoms with Gasteiger partial charge in [0, 0.05) is 50.0 Å². The minimum absolute atomic E-state index is 0.0916. The summed E-state index contributed by atoms with van der Waals surface area (Å²) in [6.45, 7) is 20.1. The first-order valence-corrected chi connectivity index (χ1v) is 12.4. The lowest BCUT2D eigenvalue weighted by Crippen LogP contribution is -2.44. The Morgan fingerprint density at radius 2 is 1.84 bits per heavy atom. The van der Waals surface area contributed by atoms with E-state index in [-0.39, 0.29) is 5.91 Å². The number of amides is 1. The number of aromatic nitrogens is 2. The summed E-state index contributed by atoms with van der Waals surface area (Å²) < 4.78 is 7.59. The average Bonchev–Trinajstić information content (AvgIpc) is 3.14. The van der Waals surface area contributed by atoms with Crippen molar-refractivity contribution in [1.82, 2.24) is 24.5 Å². The molecule has 176 valence electrons. The lowest BCUT2D eigenvalue weighted by molar-refractivity contribution is 0.0297. The van der Waals surface area contributed by atoms with Gasteiger partial charge in [-0.25, -0.2) is 0 Å². The van der Waals surface area contributed by atoms with E-state index in [1.807, 2.05) is 4.90 Å². The molecule has 1 saturated heterocycles. The van der Waals surface area contributed by atoms with E-state index < -0.39 is 0 Å². The second-order valence-corrected chi connectivity index (χ2v) is 9.31. The van der Waals surface area contributed by atoms with Crippen molar-refractivity contribution in [3.05, 3.63) is 17.0 Å². The molecule has 2 aliphatic rings. The largest absolute Gasteiger partial charge is 0.378 e. The number of carbonyl (C=O) groups excluding carboxylic acids is 1. The third-order valence-corrected chi connectivity index (χ3v) is 6.88. The van der Waals surface area contributed by atoms with Crippen molar-refractivity contribution in [2.75, 3.05) is 59.0 Å². The Bertz CT molecular complexity index is 707.